The summed E-state index contributed by atoms with van der Waals surface area (Å²) in [6, 6.07) is 0.624. The van der Waals surface area contributed by atoms with E-state index in [4.69, 9.17) is 0 Å². The summed E-state index contributed by atoms with van der Waals surface area (Å²) in [5.74, 6) is 0.213. The van der Waals surface area contributed by atoms with Gasteiger partial charge in [0.05, 0.1) is 6.04 Å². The predicted octanol–water partition coefficient (Wildman–Crippen LogP) is 1.53. The van der Waals surface area contributed by atoms with E-state index in [0.717, 1.165) is 31.1 Å². The van der Waals surface area contributed by atoms with Crippen molar-refractivity contribution in [3.63, 3.8) is 0 Å². The second-order valence-corrected chi connectivity index (χ2v) is 6.01. The zero-order valence-electron chi connectivity index (χ0n) is 10.00. The van der Waals surface area contributed by atoms with Gasteiger partial charge in [0.25, 0.3) is 0 Å². The van der Waals surface area contributed by atoms with E-state index in [-0.39, 0.29) is 11.9 Å². The first-order chi connectivity index (χ1) is 7.79. The highest BCUT2D eigenvalue weighted by atomic mass is 32.2. The summed E-state index contributed by atoms with van der Waals surface area (Å²) in [4.78, 5) is 11.8. The highest BCUT2D eigenvalue weighted by molar-refractivity contribution is 7.99. The highest BCUT2D eigenvalue weighted by Crippen LogP contribution is 2.28. The Morgan fingerprint density at radius 1 is 1.31 bits per heavy atom. The molecule has 2 aliphatic rings. The molecule has 1 amide bonds. The van der Waals surface area contributed by atoms with E-state index in [2.05, 4.69) is 16.9 Å². The van der Waals surface area contributed by atoms with Gasteiger partial charge in [0.15, 0.2) is 0 Å². The van der Waals surface area contributed by atoms with Gasteiger partial charge in [-0.25, -0.2) is 0 Å². The molecule has 2 rings (SSSR count). The number of nitrogens with one attached hydrogen (secondary N) is 2. The average molecular weight is 242 g/mol. The summed E-state index contributed by atoms with van der Waals surface area (Å²) >= 11 is 1.96. The summed E-state index contributed by atoms with van der Waals surface area (Å²) in [7, 11) is 0. The van der Waals surface area contributed by atoms with Crippen molar-refractivity contribution in [2.24, 2.45) is 0 Å². The van der Waals surface area contributed by atoms with E-state index in [0.29, 0.717) is 6.04 Å². The summed E-state index contributed by atoms with van der Waals surface area (Å²) in [6.45, 7) is 0.856. The normalized spacial score (nSPS) is 35.8. The molecule has 1 saturated heterocycles. The number of carbonyl (C=O) groups excluding carboxylic acids is 1. The molecular formula is C12H22N2OS. The standard InChI is InChI=1S/C12H22N2OS/c1-16-10-6-5-9(8-10)14-11-4-2-3-7-13-12(11)15/h9-11,14H,2-8H2,1H3,(H,13,15). The second kappa shape index (κ2) is 5.92. The molecule has 0 aromatic rings. The van der Waals surface area contributed by atoms with E-state index in [1.54, 1.807) is 0 Å². The van der Waals surface area contributed by atoms with Crippen molar-refractivity contribution in [1.29, 1.82) is 0 Å². The fourth-order valence-electron chi connectivity index (χ4n) is 2.69. The minimum atomic E-state index is 0.0631. The maximum atomic E-state index is 11.8. The summed E-state index contributed by atoms with van der Waals surface area (Å²) < 4.78 is 0. The molecule has 1 aliphatic carbocycles. The van der Waals surface area contributed by atoms with Crippen LogP contribution < -0.4 is 10.6 Å². The van der Waals surface area contributed by atoms with Crippen molar-refractivity contribution in [1.82, 2.24) is 10.6 Å². The highest BCUT2D eigenvalue weighted by Gasteiger charge is 2.28. The van der Waals surface area contributed by atoms with Crippen LogP contribution in [0.15, 0.2) is 0 Å². The lowest BCUT2D eigenvalue weighted by Gasteiger charge is -2.20. The van der Waals surface area contributed by atoms with Gasteiger partial charge in [-0.05, 0) is 44.8 Å². The molecule has 1 aliphatic heterocycles. The van der Waals surface area contributed by atoms with E-state index >= 15 is 0 Å². The van der Waals surface area contributed by atoms with Crippen LogP contribution in [-0.4, -0.2) is 36.0 Å². The summed E-state index contributed by atoms with van der Waals surface area (Å²) in [5, 5.41) is 7.33. The van der Waals surface area contributed by atoms with Crippen molar-refractivity contribution in [3.05, 3.63) is 0 Å². The van der Waals surface area contributed by atoms with Gasteiger partial charge in [-0.15, -0.1) is 0 Å². The fraction of sp³-hybridized carbons (Fsp3) is 0.917. The molecule has 4 heteroatoms. The third-order valence-electron chi connectivity index (χ3n) is 3.69. The van der Waals surface area contributed by atoms with Crippen LogP contribution in [0, 0.1) is 0 Å². The van der Waals surface area contributed by atoms with E-state index in [9.17, 15) is 4.79 Å². The fourth-order valence-corrected chi connectivity index (χ4v) is 3.48. The molecule has 3 nitrogen and oxygen atoms in total. The lowest BCUT2D eigenvalue weighted by molar-refractivity contribution is -0.123. The maximum Gasteiger partial charge on any atom is 0.237 e. The molecule has 16 heavy (non-hydrogen) atoms. The van der Waals surface area contributed by atoms with Crippen LogP contribution in [0.5, 0.6) is 0 Å². The number of thioether (sulfide) groups is 1. The van der Waals surface area contributed by atoms with Crippen molar-refractivity contribution in [2.75, 3.05) is 12.8 Å². The number of hydrogen-bond acceptors (Lipinski definition) is 3. The lowest BCUT2D eigenvalue weighted by Crippen LogP contribution is -2.46. The van der Waals surface area contributed by atoms with Gasteiger partial charge in [-0.2, -0.15) is 11.8 Å². The number of rotatable bonds is 3. The van der Waals surface area contributed by atoms with Crippen molar-refractivity contribution in [2.45, 2.75) is 55.9 Å². The smallest absolute Gasteiger partial charge is 0.237 e. The number of carbonyl (C=O) groups is 1. The van der Waals surface area contributed by atoms with Gasteiger partial charge in [-0.3, -0.25) is 4.79 Å². The zero-order chi connectivity index (χ0) is 11.4. The molecule has 0 spiro atoms. The Balaban J connectivity index is 1.81. The molecule has 0 aromatic heterocycles. The molecule has 0 radical (unpaired) electrons. The summed E-state index contributed by atoms with van der Waals surface area (Å²) in [5.41, 5.74) is 0. The van der Waals surface area contributed by atoms with Crippen LogP contribution in [0.4, 0.5) is 0 Å². The molecule has 1 heterocycles. The van der Waals surface area contributed by atoms with Gasteiger partial charge in [0.1, 0.15) is 0 Å². The van der Waals surface area contributed by atoms with Crippen molar-refractivity contribution < 1.29 is 4.79 Å². The molecule has 0 bridgehead atoms. The monoisotopic (exact) mass is 242 g/mol. The van der Waals surface area contributed by atoms with E-state index < -0.39 is 0 Å². The first-order valence-corrected chi connectivity index (χ1v) is 7.65. The molecule has 1 saturated carbocycles. The van der Waals surface area contributed by atoms with Crippen LogP contribution in [0.25, 0.3) is 0 Å². The predicted molar refractivity (Wildman–Crippen MR) is 68.7 cm³/mol. The Bertz CT molecular complexity index is 247. The third-order valence-corrected chi connectivity index (χ3v) is 4.78. The molecular weight excluding hydrogens is 220 g/mol. The van der Waals surface area contributed by atoms with Crippen LogP contribution in [-0.2, 0) is 4.79 Å². The van der Waals surface area contributed by atoms with Gasteiger partial charge in [0, 0.05) is 17.8 Å². The Kier molecular flexibility index (Phi) is 4.53. The Morgan fingerprint density at radius 2 is 2.19 bits per heavy atom. The Hall–Kier alpha value is -0.220. The van der Waals surface area contributed by atoms with Crippen LogP contribution in [0.2, 0.25) is 0 Å². The minimum Gasteiger partial charge on any atom is -0.355 e. The summed E-state index contributed by atoms with van der Waals surface area (Å²) in [6.07, 6.45) is 9.24. The molecule has 3 atom stereocenters. The molecule has 3 unspecified atom stereocenters. The molecule has 2 fully saturated rings. The maximum absolute atomic E-state index is 11.8. The van der Waals surface area contributed by atoms with Gasteiger partial charge in [0.2, 0.25) is 5.91 Å². The third kappa shape index (κ3) is 3.14. The van der Waals surface area contributed by atoms with Gasteiger partial charge in [-0.1, -0.05) is 0 Å². The van der Waals surface area contributed by atoms with Gasteiger partial charge < -0.3 is 10.6 Å². The first-order valence-electron chi connectivity index (χ1n) is 6.36. The number of hydrogen-bond donors (Lipinski definition) is 2. The van der Waals surface area contributed by atoms with Crippen molar-refractivity contribution >= 4 is 17.7 Å². The first kappa shape index (κ1) is 12.2. The molecule has 2 N–H and O–H groups in total. The lowest BCUT2D eigenvalue weighted by atomic mass is 10.1. The van der Waals surface area contributed by atoms with E-state index in [1.165, 1.54) is 19.3 Å². The van der Waals surface area contributed by atoms with E-state index in [1.807, 2.05) is 11.8 Å². The van der Waals surface area contributed by atoms with Crippen LogP contribution in [0.1, 0.15) is 38.5 Å². The van der Waals surface area contributed by atoms with Crippen LogP contribution in [0.3, 0.4) is 0 Å². The van der Waals surface area contributed by atoms with Crippen LogP contribution >= 0.6 is 11.8 Å². The molecule has 92 valence electrons. The van der Waals surface area contributed by atoms with Gasteiger partial charge >= 0.3 is 0 Å². The topological polar surface area (TPSA) is 41.1 Å². The average Bonchev–Trinajstić information content (AvgIpc) is 2.65. The quantitative estimate of drug-likeness (QED) is 0.788. The second-order valence-electron chi connectivity index (χ2n) is 4.87. The zero-order valence-corrected chi connectivity index (χ0v) is 10.8. The Labute approximate surface area is 102 Å². The largest absolute Gasteiger partial charge is 0.355 e. The Morgan fingerprint density at radius 3 is 2.94 bits per heavy atom. The molecule has 0 aromatic carbocycles. The number of amides is 1. The SMILES string of the molecule is CSC1CCC(NC2CCCCNC2=O)C1. The minimum absolute atomic E-state index is 0.0631. The van der Waals surface area contributed by atoms with Crippen molar-refractivity contribution in [3.8, 4) is 0 Å².